The number of non-ortho nitro benzene ring substituents is 1. The van der Waals surface area contributed by atoms with Gasteiger partial charge in [0.1, 0.15) is 17.9 Å². The number of ether oxygens (including phenoxy) is 1. The molecule has 4 aromatic carbocycles. The molecule has 5 rings (SSSR count). The number of nitrogens with zero attached hydrogens (tertiary/aromatic N) is 3. The number of nitro benzene ring substituents is 1. The molecule has 0 unspecified atom stereocenters. The van der Waals surface area contributed by atoms with Gasteiger partial charge in [-0.2, -0.15) is 4.99 Å². The molecule has 1 aliphatic heterocycles. The minimum Gasteiger partial charge on any atom is -0.488 e. The van der Waals surface area contributed by atoms with Crippen molar-refractivity contribution in [2.75, 3.05) is 5.75 Å². The number of hydrogen-bond acceptors (Lipinski definition) is 7. The highest BCUT2D eigenvalue weighted by Gasteiger charge is 2.35. The number of rotatable bonds is 13. The minimum atomic E-state index is -0.776. The summed E-state index contributed by atoms with van der Waals surface area (Å²) in [5.74, 6) is -1.50. The van der Waals surface area contributed by atoms with Gasteiger partial charge < -0.3 is 10.1 Å². The van der Waals surface area contributed by atoms with Gasteiger partial charge in [-0.1, -0.05) is 128 Å². The summed E-state index contributed by atoms with van der Waals surface area (Å²) in [4.78, 5) is 57.3. The van der Waals surface area contributed by atoms with Gasteiger partial charge in [0.2, 0.25) is 5.91 Å². The molecule has 0 aromatic heterocycles. The molecule has 0 spiro atoms. The smallest absolute Gasteiger partial charge is 0.285 e. The summed E-state index contributed by atoms with van der Waals surface area (Å²) in [6.07, 6.45) is 7.97. The van der Waals surface area contributed by atoms with E-state index in [9.17, 15) is 24.5 Å². The summed E-state index contributed by atoms with van der Waals surface area (Å²) >= 11 is 0.973. The first-order valence-corrected chi connectivity index (χ1v) is 16.9. The fourth-order valence-corrected chi connectivity index (χ4v) is 6.01. The molecule has 0 saturated heterocycles. The Morgan fingerprint density at radius 2 is 1.65 bits per heavy atom. The Kier molecular flexibility index (Phi) is 12.2. The van der Waals surface area contributed by atoms with Gasteiger partial charge in [0, 0.05) is 23.4 Å². The first kappa shape index (κ1) is 36.0. The number of thioether (sulfide) groups is 1. The number of allylic oxidation sites excluding steroid dienone is 4. The third-order valence-corrected chi connectivity index (χ3v) is 8.59. The number of para-hydroxylation sites is 1. The molecule has 51 heavy (non-hydrogen) atoms. The normalized spacial score (nSPS) is 14.2. The zero-order valence-corrected chi connectivity index (χ0v) is 28.5. The van der Waals surface area contributed by atoms with Crippen LogP contribution < -0.4 is 10.1 Å². The Bertz CT molecular complexity index is 2020. The lowest BCUT2D eigenvalue weighted by atomic mass is 9.99. The molecule has 4 aromatic rings. The number of benzene rings is 4. The van der Waals surface area contributed by atoms with Crippen molar-refractivity contribution >= 4 is 46.4 Å². The molecular formula is C40H34N4O6S. The highest BCUT2D eigenvalue weighted by molar-refractivity contribution is 8.14. The van der Waals surface area contributed by atoms with Crippen molar-refractivity contribution in [1.82, 2.24) is 10.2 Å². The van der Waals surface area contributed by atoms with E-state index >= 15 is 0 Å². The molecule has 0 bridgehead atoms. The van der Waals surface area contributed by atoms with Crippen LogP contribution in [0.2, 0.25) is 0 Å². The molecule has 0 radical (unpaired) electrons. The minimum absolute atomic E-state index is 0.0152. The lowest BCUT2D eigenvalue weighted by molar-refractivity contribution is -0.384. The van der Waals surface area contributed by atoms with Crippen LogP contribution in [0.3, 0.4) is 0 Å². The highest BCUT2D eigenvalue weighted by Crippen LogP contribution is 2.29. The maximum atomic E-state index is 14.1. The molecule has 1 heterocycles. The standard InChI is InChI=1S/C40H34N4O6S/c1-3-5-21-32(4-2)43-39(47)34(25-31-20-12-13-23-35(31)50-26-28-15-14-22-33(24-28)44(48)49)38(46)42-40(43)51-27-36(45)41-37(29-16-8-6-9-17-29)30-18-10-7-11-19-30/h3-25,37H,1,26-27H2,2H3,(H,41,45)/b21-5-,32-4+,34-25+. The second-order valence-electron chi connectivity index (χ2n) is 11.1. The summed E-state index contributed by atoms with van der Waals surface area (Å²) in [6.45, 7) is 5.47. The maximum absolute atomic E-state index is 14.1. The fourth-order valence-electron chi connectivity index (χ4n) is 5.20. The van der Waals surface area contributed by atoms with Crippen molar-refractivity contribution < 1.29 is 24.0 Å². The van der Waals surface area contributed by atoms with Crippen LogP contribution in [0.4, 0.5) is 5.69 Å². The molecule has 1 aliphatic rings. The topological polar surface area (TPSA) is 131 Å². The van der Waals surface area contributed by atoms with E-state index in [-0.39, 0.29) is 34.7 Å². The van der Waals surface area contributed by atoms with Gasteiger partial charge in [0.15, 0.2) is 5.17 Å². The number of carbonyl (C=O) groups is 3. The summed E-state index contributed by atoms with van der Waals surface area (Å²) in [5, 5.41) is 14.3. The molecule has 1 N–H and O–H groups in total. The van der Waals surface area contributed by atoms with Gasteiger partial charge >= 0.3 is 0 Å². The average Bonchev–Trinajstić information content (AvgIpc) is 3.16. The van der Waals surface area contributed by atoms with Crippen LogP contribution in [-0.4, -0.2) is 38.5 Å². The third-order valence-electron chi connectivity index (χ3n) is 7.65. The summed E-state index contributed by atoms with van der Waals surface area (Å²) in [6, 6.07) is 31.6. The molecule has 0 saturated carbocycles. The Labute approximate surface area is 299 Å². The van der Waals surface area contributed by atoms with Crippen molar-refractivity contribution in [2.24, 2.45) is 4.99 Å². The molecule has 3 amide bonds. The highest BCUT2D eigenvalue weighted by atomic mass is 32.2. The summed E-state index contributed by atoms with van der Waals surface area (Å²) in [5.41, 5.74) is 2.95. The Morgan fingerprint density at radius 1 is 0.980 bits per heavy atom. The van der Waals surface area contributed by atoms with Crippen molar-refractivity contribution in [1.29, 1.82) is 0 Å². The molecule has 11 heteroatoms. The monoisotopic (exact) mass is 698 g/mol. The average molecular weight is 699 g/mol. The number of carbonyl (C=O) groups excluding carboxylic acids is 3. The number of hydrogen-bond donors (Lipinski definition) is 1. The van der Waals surface area contributed by atoms with Crippen molar-refractivity contribution in [3.05, 3.63) is 184 Å². The van der Waals surface area contributed by atoms with E-state index < -0.39 is 22.8 Å². The Morgan fingerprint density at radius 3 is 2.29 bits per heavy atom. The zero-order chi connectivity index (χ0) is 36.2. The molecule has 256 valence electrons. The van der Waals surface area contributed by atoms with E-state index in [0.717, 1.165) is 22.9 Å². The number of amidine groups is 1. The van der Waals surface area contributed by atoms with Crippen molar-refractivity contribution in [2.45, 2.75) is 19.6 Å². The zero-order valence-electron chi connectivity index (χ0n) is 27.7. The largest absolute Gasteiger partial charge is 0.488 e. The van der Waals surface area contributed by atoms with Crippen LogP contribution in [-0.2, 0) is 21.0 Å². The van der Waals surface area contributed by atoms with E-state index in [1.165, 1.54) is 23.1 Å². The SMILES string of the molecule is C=C/C=C\C(=C/C)N1C(=O)/C(=C/c2ccccc2OCc2cccc([N+](=O)[O-])c2)C(=O)N=C1SCC(=O)NC(c1ccccc1)c1ccccc1. The first-order chi connectivity index (χ1) is 24.8. The summed E-state index contributed by atoms with van der Waals surface area (Å²) in [7, 11) is 0. The molecule has 0 aliphatic carbocycles. The molecule has 10 nitrogen and oxygen atoms in total. The van der Waals surface area contributed by atoms with E-state index in [4.69, 9.17) is 4.74 Å². The van der Waals surface area contributed by atoms with Gasteiger partial charge in [0.25, 0.3) is 17.5 Å². The quantitative estimate of drug-likeness (QED) is 0.0501. The van der Waals surface area contributed by atoms with Crippen LogP contribution in [0.25, 0.3) is 6.08 Å². The fraction of sp³-hybridized carbons (Fsp3) is 0.100. The second kappa shape index (κ2) is 17.4. The molecule has 0 atom stereocenters. The van der Waals surface area contributed by atoms with Gasteiger partial charge in [0.05, 0.1) is 16.7 Å². The summed E-state index contributed by atoms with van der Waals surface area (Å²) < 4.78 is 5.98. The van der Waals surface area contributed by atoms with Gasteiger partial charge in [-0.05, 0) is 41.8 Å². The number of nitro groups is 1. The van der Waals surface area contributed by atoms with Crippen molar-refractivity contribution in [3.8, 4) is 5.75 Å². The number of amides is 3. The van der Waals surface area contributed by atoms with E-state index in [1.54, 1.807) is 67.6 Å². The van der Waals surface area contributed by atoms with E-state index in [2.05, 4.69) is 16.9 Å². The van der Waals surface area contributed by atoms with Gasteiger partial charge in [-0.15, -0.1) is 0 Å². The predicted molar refractivity (Wildman–Crippen MR) is 200 cm³/mol. The lowest BCUT2D eigenvalue weighted by Crippen LogP contribution is -2.42. The number of nitrogens with one attached hydrogen (secondary N) is 1. The Balaban J connectivity index is 1.40. The van der Waals surface area contributed by atoms with Crippen LogP contribution in [0.1, 0.15) is 35.2 Å². The lowest BCUT2D eigenvalue weighted by Gasteiger charge is -2.28. The van der Waals surface area contributed by atoms with Crippen molar-refractivity contribution in [3.63, 3.8) is 0 Å². The van der Waals surface area contributed by atoms with Gasteiger partial charge in [-0.25, -0.2) is 0 Å². The third kappa shape index (κ3) is 9.22. The van der Waals surface area contributed by atoms with Crippen LogP contribution in [0.15, 0.2) is 156 Å². The van der Waals surface area contributed by atoms with Crippen LogP contribution >= 0.6 is 11.8 Å². The Hall–Kier alpha value is -6.33. The van der Waals surface area contributed by atoms with E-state index in [0.29, 0.717) is 22.6 Å². The van der Waals surface area contributed by atoms with E-state index in [1.807, 2.05) is 60.7 Å². The predicted octanol–water partition coefficient (Wildman–Crippen LogP) is 7.57. The van der Waals surface area contributed by atoms with Crippen LogP contribution in [0, 0.1) is 10.1 Å². The van der Waals surface area contributed by atoms with Crippen LogP contribution in [0.5, 0.6) is 5.75 Å². The second-order valence-corrected chi connectivity index (χ2v) is 12.0. The maximum Gasteiger partial charge on any atom is 0.285 e. The molecular weight excluding hydrogens is 665 g/mol. The van der Waals surface area contributed by atoms with Gasteiger partial charge in [-0.3, -0.25) is 29.4 Å². The first-order valence-electron chi connectivity index (χ1n) is 15.9. The molecule has 0 fully saturated rings. The number of aliphatic imine (C=N–C) groups is 1.